The molecule has 110 valence electrons. The van der Waals surface area contributed by atoms with Crippen molar-refractivity contribution in [3.8, 4) is 5.75 Å². The number of nitrogen functional groups attached to an aromatic ring is 1. The van der Waals surface area contributed by atoms with Crippen molar-refractivity contribution in [1.82, 2.24) is 4.90 Å². The molecule has 1 amide bonds. The van der Waals surface area contributed by atoms with Gasteiger partial charge in [0.2, 0.25) is 0 Å². The fraction of sp³-hybridized carbons (Fsp3) is 0.562. The molecule has 4 heteroatoms. The van der Waals surface area contributed by atoms with Gasteiger partial charge in [0.1, 0.15) is 11.3 Å². The van der Waals surface area contributed by atoms with Gasteiger partial charge in [0, 0.05) is 18.8 Å². The van der Waals surface area contributed by atoms with Crippen LogP contribution in [0.4, 0.5) is 5.69 Å². The molecule has 0 saturated carbocycles. The lowest BCUT2D eigenvalue weighted by atomic mass is 10.1. The van der Waals surface area contributed by atoms with Crippen LogP contribution < -0.4 is 10.5 Å². The van der Waals surface area contributed by atoms with E-state index in [0.29, 0.717) is 23.6 Å². The van der Waals surface area contributed by atoms with Crippen LogP contribution in [-0.4, -0.2) is 30.5 Å². The van der Waals surface area contributed by atoms with Crippen molar-refractivity contribution < 1.29 is 9.53 Å². The molecule has 0 aromatic heterocycles. The first-order valence-corrected chi connectivity index (χ1v) is 7.54. The summed E-state index contributed by atoms with van der Waals surface area (Å²) in [6.07, 6.45) is 5.82. The third-order valence-corrected chi connectivity index (χ3v) is 3.72. The molecule has 1 aromatic rings. The summed E-state index contributed by atoms with van der Waals surface area (Å²) in [7, 11) is 0. The smallest absolute Gasteiger partial charge is 0.259 e. The quantitative estimate of drug-likeness (QED) is 0.863. The highest BCUT2D eigenvalue weighted by atomic mass is 16.5. The number of carbonyl (C=O) groups excluding carboxylic acids is 1. The minimum Gasteiger partial charge on any atom is -0.493 e. The van der Waals surface area contributed by atoms with Gasteiger partial charge >= 0.3 is 0 Å². The zero-order valence-corrected chi connectivity index (χ0v) is 12.2. The standard InChI is InChI=1S/C16H24N2O2/c1-2-20-14-10-8-9-13(17)15(14)16(19)18-11-6-4-3-5-7-12-18/h8-10H,2-7,11-12,17H2,1H3. The van der Waals surface area contributed by atoms with Crippen LogP contribution >= 0.6 is 0 Å². The van der Waals surface area contributed by atoms with Crippen LogP contribution in [0.25, 0.3) is 0 Å². The van der Waals surface area contributed by atoms with E-state index in [1.165, 1.54) is 19.3 Å². The van der Waals surface area contributed by atoms with Crippen LogP contribution in [0.1, 0.15) is 49.4 Å². The summed E-state index contributed by atoms with van der Waals surface area (Å²) >= 11 is 0. The predicted molar refractivity (Wildman–Crippen MR) is 81.0 cm³/mol. The third kappa shape index (κ3) is 3.44. The number of hydrogen-bond donors (Lipinski definition) is 1. The number of carbonyl (C=O) groups is 1. The van der Waals surface area contributed by atoms with Gasteiger partial charge in [-0.05, 0) is 31.9 Å². The molecule has 1 saturated heterocycles. The van der Waals surface area contributed by atoms with Gasteiger partial charge in [-0.2, -0.15) is 0 Å². The van der Waals surface area contributed by atoms with E-state index in [1.807, 2.05) is 24.0 Å². The Balaban J connectivity index is 2.22. The highest BCUT2D eigenvalue weighted by Gasteiger charge is 2.22. The second-order valence-electron chi connectivity index (χ2n) is 5.21. The molecule has 1 aliphatic heterocycles. The van der Waals surface area contributed by atoms with E-state index in [2.05, 4.69) is 0 Å². The normalized spacial score (nSPS) is 16.4. The molecular weight excluding hydrogens is 252 g/mol. The Bertz CT molecular complexity index is 452. The summed E-state index contributed by atoms with van der Waals surface area (Å²) in [6, 6.07) is 5.40. The summed E-state index contributed by atoms with van der Waals surface area (Å²) in [4.78, 5) is 14.7. The number of likely N-dealkylation sites (tertiary alicyclic amines) is 1. The summed E-state index contributed by atoms with van der Waals surface area (Å²) in [5.41, 5.74) is 7.03. The van der Waals surface area contributed by atoms with Crippen molar-refractivity contribution in [2.24, 2.45) is 0 Å². The highest BCUT2D eigenvalue weighted by molar-refractivity contribution is 6.01. The van der Waals surface area contributed by atoms with Crippen molar-refractivity contribution in [2.75, 3.05) is 25.4 Å². The van der Waals surface area contributed by atoms with Crippen LogP contribution in [0.2, 0.25) is 0 Å². The summed E-state index contributed by atoms with van der Waals surface area (Å²) in [5.74, 6) is 0.605. The Hall–Kier alpha value is -1.71. The lowest BCUT2D eigenvalue weighted by molar-refractivity contribution is 0.0739. The second kappa shape index (κ2) is 7.17. The van der Waals surface area contributed by atoms with Crippen LogP contribution in [0, 0.1) is 0 Å². The van der Waals surface area contributed by atoms with Crippen molar-refractivity contribution in [3.63, 3.8) is 0 Å². The highest BCUT2D eigenvalue weighted by Crippen LogP contribution is 2.27. The van der Waals surface area contributed by atoms with Gasteiger partial charge in [0.25, 0.3) is 5.91 Å². The van der Waals surface area contributed by atoms with Gasteiger partial charge < -0.3 is 15.4 Å². The third-order valence-electron chi connectivity index (χ3n) is 3.72. The second-order valence-corrected chi connectivity index (χ2v) is 5.21. The molecular formula is C16H24N2O2. The molecule has 4 nitrogen and oxygen atoms in total. The molecule has 0 aliphatic carbocycles. The molecule has 1 aliphatic rings. The van der Waals surface area contributed by atoms with Gasteiger partial charge in [0.15, 0.2) is 0 Å². The lowest BCUT2D eigenvalue weighted by Crippen LogP contribution is -2.34. The number of rotatable bonds is 3. The van der Waals surface area contributed by atoms with E-state index in [9.17, 15) is 4.79 Å². The molecule has 0 unspecified atom stereocenters. The molecule has 20 heavy (non-hydrogen) atoms. The number of benzene rings is 1. The first kappa shape index (κ1) is 14.7. The van der Waals surface area contributed by atoms with Crippen LogP contribution in [-0.2, 0) is 0 Å². The molecule has 1 fully saturated rings. The maximum atomic E-state index is 12.7. The SMILES string of the molecule is CCOc1cccc(N)c1C(=O)N1CCCCCCC1. The molecule has 0 bridgehead atoms. The zero-order valence-electron chi connectivity index (χ0n) is 12.2. The molecule has 2 N–H and O–H groups in total. The van der Waals surface area contributed by atoms with Crippen molar-refractivity contribution in [1.29, 1.82) is 0 Å². The fourth-order valence-electron chi connectivity index (χ4n) is 2.66. The topological polar surface area (TPSA) is 55.6 Å². The van der Waals surface area contributed by atoms with Gasteiger partial charge in [0.05, 0.1) is 6.61 Å². The molecule has 2 rings (SSSR count). The molecule has 1 heterocycles. The lowest BCUT2D eigenvalue weighted by Gasteiger charge is -2.26. The Morgan fingerprint density at radius 1 is 1.20 bits per heavy atom. The van der Waals surface area contributed by atoms with E-state index >= 15 is 0 Å². The number of nitrogens with zero attached hydrogens (tertiary/aromatic N) is 1. The largest absolute Gasteiger partial charge is 0.493 e. The Kier molecular flexibility index (Phi) is 5.27. The monoisotopic (exact) mass is 276 g/mol. The molecule has 0 atom stereocenters. The maximum absolute atomic E-state index is 12.7. The molecule has 0 spiro atoms. The Labute approximate surface area is 120 Å². The van der Waals surface area contributed by atoms with Gasteiger partial charge in [-0.25, -0.2) is 0 Å². The van der Waals surface area contributed by atoms with Gasteiger partial charge in [-0.3, -0.25) is 4.79 Å². The average Bonchev–Trinajstić information content (AvgIpc) is 2.38. The predicted octanol–water partition coefficient (Wildman–Crippen LogP) is 3.07. The Morgan fingerprint density at radius 3 is 2.50 bits per heavy atom. The van der Waals surface area contributed by atoms with Crippen molar-refractivity contribution in [2.45, 2.75) is 39.0 Å². The van der Waals surface area contributed by atoms with Crippen molar-refractivity contribution >= 4 is 11.6 Å². The number of ether oxygens (including phenoxy) is 1. The molecule has 0 radical (unpaired) electrons. The van der Waals surface area contributed by atoms with Crippen LogP contribution in [0.5, 0.6) is 5.75 Å². The van der Waals surface area contributed by atoms with Gasteiger partial charge in [-0.15, -0.1) is 0 Å². The first-order valence-electron chi connectivity index (χ1n) is 7.54. The van der Waals surface area contributed by atoms with E-state index < -0.39 is 0 Å². The number of hydrogen-bond acceptors (Lipinski definition) is 3. The summed E-state index contributed by atoms with van der Waals surface area (Å²) < 4.78 is 5.56. The Morgan fingerprint density at radius 2 is 1.85 bits per heavy atom. The molecule has 1 aromatic carbocycles. The van der Waals surface area contributed by atoms with Crippen LogP contribution in [0.3, 0.4) is 0 Å². The van der Waals surface area contributed by atoms with E-state index in [1.54, 1.807) is 6.07 Å². The van der Waals surface area contributed by atoms with Gasteiger partial charge in [-0.1, -0.05) is 25.3 Å². The number of anilines is 1. The van der Waals surface area contributed by atoms with Crippen molar-refractivity contribution in [3.05, 3.63) is 23.8 Å². The number of nitrogens with two attached hydrogens (primary N) is 1. The first-order chi connectivity index (χ1) is 9.74. The minimum absolute atomic E-state index is 0.00782. The summed E-state index contributed by atoms with van der Waals surface area (Å²) in [6.45, 7) is 4.08. The van der Waals surface area contributed by atoms with Crippen LogP contribution in [0.15, 0.2) is 18.2 Å². The zero-order chi connectivity index (χ0) is 14.4. The number of amides is 1. The minimum atomic E-state index is 0.00782. The van der Waals surface area contributed by atoms with E-state index in [4.69, 9.17) is 10.5 Å². The maximum Gasteiger partial charge on any atom is 0.259 e. The van der Waals surface area contributed by atoms with E-state index in [0.717, 1.165) is 25.9 Å². The average molecular weight is 276 g/mol. The fourth-order valence-corrected chi connectivity index (χ4v) is 2.66. The summed E-state index contributed by atoms with van der Waals surface area (Å²) in [5, 5.41) is 0. The van der Waals surface area contributed by atoms with E-state index in [-0.39, 0.29) is 5.91 Å².